The van der Waals surface area contributed by atoms with Gasteiger partial charge >= 0.3 is 6.03 Å². The molecule has 0 bridgehead atoms. The predicted octanol–water partition coefficient (Wildman–Crippen LogP) is 2.28. The van der Waals surface area contributed by atoms with Gasteiger partial charge in [-0.05, 0) is 48.5 Å². The number of aromatic nitrogens is 2. The van der Waals surface area contributed by atoms with Crippen molar-refractivity contribution in [3.8, 4) is 17.1 Å². The lowest BCUT2D eigenvalue weighted by Crippen LogP contribution is -2.37. The topological polar surface area (TPSA) is 149 Å². The molecule has 0 atom stereocenters. The highest BCUT2D eigenvalue weighted by Gasteiger charge is 2.19. The molecule has 1 aliphatic rings. The van der Waals surface area contributed by atoms with E-state index in [1.54, 1.807) is 37.6 Å². The van der Waals surface area contributed by atoms with Crippen LogP contribution in [0, 0.1) is 0 Å². The van der Waals surface area contributed by atoms with Crippen molar-refractivity contribution in [1.82, 2.24) is 9.97 Å². The number of hydrogen-bond acceptors (Lipinski definition) is 8. The second-order valence-electron chi connectivity index (χ2n) is 7.41. The summed E-state index contributed by atoms with van der Waals surface area (Å²) < 4.78 is 33.5. The fourth-order valence-corrected chi connectivity index (χ4v) is 3.89. The lowest BCUT2D eigenvalue weighted by molar-refractivity contribution is 0.122. The Morgan fingerprint density at radius 1 is 1.03 bits per heavy atom. The van der Waals surface area contributed by atoms with Crippen LogP contribution < -0.4 is 25.4 Å². The molecule has 4 rings (SSSR count). The molecule has 2 amide bonds. The van der Waals surface area contributed by atoms with Gasteiger partial charge in [-0.1, -0.05) is 0 Å². The molecule has 1 aromatic heterocycles. The number of sulfonamides is 1. The number of ether oxygens (including phenoxy) is 2. The highest BCUT2D eigenvalue weighted by Crippen LogP contribution is 2.29. The average Bonchev–Trinajstić information content (AvgIpc) is 2.84. The van der Waals surface area contributed by atoms with Crippen LogP contribution in [-0.2, 0) is 14.8 Å². The Hall–Kier alpha value is -3.74. The van der Waals surface area contributed by atoms with E-state index in [1.165, 1.54) is 24.3 Å². The first-order chi connectivity index (χ1) is 16.3. The molecule has 0 aliphatic carbocycles. The van der Waals surface area contributed by atoms with Crippen LogP contribution in [0.4, 0.5) is 22.0 Å². The number of nitrogens with two attached hydrogens (primary N) is 1. The molecule has 2 aromatic carbocycles. The van der Waals surface area contributed by atoms with Crippen LogP contribution in [0.25, 0.3) is 11.4 Å². The van der Waals surface area contributed by atoms with Crippen LogP contribution in [0.3, 0.4) is 0 Å². The number of hydrogen-bond donors (Lipinski definition) is 3. The first-order valence-corrected chi connectivity index (χ1v) is 11.9. The highest BCUT2D eigenvalue weighted by molar-refractivity contribution is 7.89. The van der Waals surface area contributed by atoms with E-state index in [2.05, 4.69) is 20.5 Å². The number of carbonyl (C=O) groups is 1. The molecule has 1 fully saturated rings. The number of primary sulfonamides is 1. The SMILES string of the molecule is COc1cnc(-c2ccc(NC(=O)Nc3ccc(S(N)(=O)=O)cc3)cc2)nc1N1CCOCC1. The summed E-state index contributed by atoms with van der Waals surface area (Å²) in [6.07, 6.45) is 1.65. The van der Waals surface area contributed by atoms with Crippen LogP contribution in [0.2, 0.25) is 0 Å². The van der Waals surface area contributed by atoms with Gasteiger partial charge in [-0.3, -0.25) is 0 Å². The lowest BCUT2D eigenvalue weighted by Gasteiger charge is -2.28. The Labute approximate surface area is 197 Å². The van der Waals surface area contributed by atoms with Gasteiger partial charge in [0.15, 0.2) is 17.4 Å². The Kier molecular flexibility index (Phi) is 6.91. The average molecular weight is 485 g/mol. The van der Waals surface area contributed by atoms with Gasteiger partial charge < -0.3 is 25.0 Å². The fourth-order valence-electron chi connectivity index (χ4n) is 3.37. The van der Waals surface area contributed by atoms with E-state index in [1.807, 2.05) is 0 Å². The second-order valence-corrected chi connectivity index (χ2v) is 8.97. The largest absolute Gasteiger partial charge is 0.491 e. The van der Waals surface area contributed by atoms with Crippen molar-refractivity contribution < 1.29 is 22.7 Å². The number of morpholine rings is 1. The zero-order valence-electron chi connectivity index (χ0n) is 18.4. The predicted molar refractivity (Wildman–Crippen MR) is 128 cm³/mol. The summed E-state index contributed by atoms with van der Waals surface area (Å²) in [5.41, 5.74) is 1.76. The number of rotatable bonds is 6. The molecule has 178 valence electrons. The molecule has 0 spiro atoms. The molecular weight excluding hydrogens is 460 g/mol. The second kappa shape index (κ2) is 10.0. The van der Waals surface area contributed by atoms with E-state index in [-0.39, 0.29) is 4.90 Å². The summed E-state index contributed by atoms with van der Waals surface area (Å²) in [6.45, 7) is 2.69. The maximum Gasteiger partial charge on any atom is 0.323 e. The minimum atomic E-state index is -3.79. The molecule has 12 heteroatoms. The van der Waals surface area contributed by atoms with Gasteiger partial charge in [-0.2, -0.15) is 0 Å². The van der Waals surface area contributed by atoms with Gasteiger partial charge in [-0.15, -0.1) is 0 Å². The van der Waals surface area contributed by atoms with Gasteiger partial charge in [0.2, 0.25) is 10.0 Å². The third-order valence-corrected chi connectivity index (χ3v) is 6.04. The van der Waals surface area contributed by atoms with Gasteiger partial charge in [0.05, 0.1) is 31.4 Å². The molecule has 0 radical (unpaired) electrons. The van der Waals surface area contributed by atoms with Gasteiger partial charge in [0.1, 0.15) is 0 Å². The molecule has 11 nitrogen and oxygen atoms in total. The van der Waals surface area contributed by atoms with Crippen molar-refractivity contribution >= 4 is 33.2 Å². The fraction of sp³-hybridized carbons (Fsp3) is 0.227. The van der Waals surface area contributed by atoms with E-state index in [0.717, 1.165) is 18.7 Å². The van der Waals surface area contributed by atoms with Crippen molar-refractivity contribution in [3.05, 3.63) is 54.7 Å². The summed E-state index contributed by atoms with van der Waals surface area (Å²) in [4.78, 5) is 23.4. The van der Waals surface area contributed by atoms with E-state index in [9.17, 15) is 13.2 Å². The quantitative estimate of drug-likeness (QED) is 0.482. The molecule has 4 N–H and O–H groups in total. The highest BCUT2D eigenvalue weighted by atomic mass is 32.2. The van der Waals surface area contributed by atoms with Gasteiger partial charge in [0.25, 0.3) is 0 Å². The van der Waals surface area contributed by atoms with Crippen LogP contribution in [-0.4, -0.2) is 57.8 Å². The van der Waals surface area contributed by atoms with Crippen LogP contribution in [0.1, 0.15) is 0 Å². The maximum atomic E-state index is 12.3. The van der Waals surface area contributed by atoms with Crippen LogP contribution in [0.15, 0.2) is 59.6 Å². The van der Waals surface area contributed by atoms with Crippen molar-refractivity contribution in [1.29, 1.82) is 0 Å². The minimum Gasteiger partial charge on any atom is -0.491 e. The number of anilines is 3. The number of amides is 2. The number of benzene rings is 2. The summed E-state index contributed by atoms with van der Waals surface area (Å²) in [7, 11) is -2.21. The smallest absolute Gasteiger partial charge is 0.323 e. The maximum absolute atomic E-state index is 12.3. The molecule has 2 heterocycles. The van der Waals surface area contributed by atoms with Crippen molar-refractivity contribution in [2.24, 2.45) is 5.14 Å². The monoisotopic (exact) mass is 484 g/mol. The van der Waals surface area contributed by atoms with Crippen molar-refractivity contribution in [2.45, 2.75) is 4.90 Å². The molecule has 1 aliphatic heterocycles. The van der Waals surface area contributed by atoms with E-state index < -0.39 is 16.1 Å². The lowest BCUT2D eigenvalue weighted by atomic mass is 10.2. The molecule has 1 saturated heterocycles. The molecule has 3 aromatic rings. The van der Waals surface area contributed by atoms with Gasteiger partial charge in [-0.25, -0.2) is 28.3 Å². The van der Waals surface area contributed by atoms with Crippen molar-refractivity contribution in [2.75, 3.05) is 48.9 Å². The van der Waals surface area contributed by atoms with Crippen LogP contribution in [0.5, 0.6) is 5.75 Å². The summed E-state index contributed by atoms with van der Waals surface area (Å²) in [5.74, 6) is 1.84. The number of nitrogens with one attached hydrogen (secondary N) is 2. The third-order valence-electron chi connectivity index (χ3n) is 5.11. The zero-order chi connectivity index (χ0) is 24.1. The molecule has 0 saturated carbocycles. The number of methoxy groups -OCH3 is 1. The Bertz CT molecular complexity index is 1260. The molecular formula is C22H24N6O5S. The number of nitrogens with zero attached hydrogens (tertiary/aromatic N) is 3. The normalized spacial score (nSPS) is 13.9. The Morgan fingerprint density at radius 2 is 1.62 bits per heavy atom. The summed E-state index contributed by atoms with van der Waals surface area (Å²) in [6, 6.07) is 12.2. The third kappa shape index (κ3) is 5.60. The zero-order valence-corrected chi connectivity index (χ0v) is 19.2. The molecule has 0 unspecified atom stereocenters. The van der Waals surface area contributed by atoms with Crippen LogP contribution >= 0.6 is 0 Å². The first-order valence-electron chi connectivity index (χ1n) is 10.4. The minimum absolute atomic E-state index is 0.0356. The van der Waals surface area contributed by atoms with Gasteiger partial charge in [0, 0.05) is 30.0 Å². The standard InChI is InChI=1S/C22H24N6O5S/c1-32-19-14-24-20(27-21(19)28-10-12-33-13-11-28)15-2-4-16(5-3-15)25-22(29)26-17-6-8-18(9-7-17)34(23,30)31/h2-9,14H,10-13H2,1H3,(H2,23,30,31)(H2,25,26,29). The Morgan fingerprint density at radius 3 is 2.18 bits per heavy atom. The summed E-state index contributed by atoms with van der Waals surface area (Å²) in [5, 5.41) is 10.4. The first kappa shape index (κ1) is 23.4. The number of urea groups is 1. The summed E-state index contributed by atoms with van der Waals surface area (Å²) >= 11 is 0. The molecule has 34 heavy (non-hydrogen) atoms. The van der Waals surface area contributed by atoms with E-state index >= 15 is 0 Å². The van der Waals surface area contributed by atoms with E-state index in [4.69, 9.17) is 19.6 Å². The van der Waals surface area contributed by atoms with E-state index in [0.29, 0.717) is 42.0 Å². The number of carbonyl (C=O) groups excluding carboxylic acids is 1. The van der Waals surface area contributed by atoms with Crippen molar-refractivity contribution in [3.63, 3.8) is 0 Å². The Balaban J connectivity index is 1.43.